The number of hydrogen-bond donors (Lipinski definition) is 1. The van der Waals surface area contributed by atoms with Gasteiger partial charge in [0.2, 0.25) is 9.84 Å². The Labute approximate surface area is 151 Å². The molecule has 0 amide bonds. The number of rotatable bonds is 5. The molecule has 2 heterocycles. The summed E-state index contributed by atoms with van der Waals surface area (Å²) >= 11 is 0. The molecule has 0 radical (unpaired) electrons. The monoisotopic (exact) mass is 382 g/mol. The topological polar surface area (TPSA) is 76.9 Å². The van der Waals surface area contributed by atoms with Crippen molar-refractivity contribution in [1.29, 1.82) is 0 Å². The Balaban J connectivity index is 0.00000225. The smallest absolute Gasteiger partial charge is 0.225 e. The summed E-state index contributed by atoms with van der Waals surface area (Å²) in [5, 5.41) is 7.04. The first-order valence-corrected chi connectivity index (χ1v) is 8.66. The van der Waals surface area contributed by atoms with Gasteiger partial charge in [0.15, 0.2) is 5.03 Å². The van der Waals surface area contributed by atoms with Crippen LogP contribution in [-0.2, 0) is 16.4 Å². The number of nitrogens with zero attached hydrogens (tertiary/aromatic N) is 3. The van der Waals surface area contributed by atoms with Crippen molar-refractivity contribution in [3.63, 3.8) is 0 Å². The molecule has 0 bridgehead atoms. The summed E-state index contributed by atoms with van der Waals surface area (Å²) in [4.78, 5) is 3.87. The number of nitrogens with one attached hydrogen (secondary N) is 1. The average Bonchev–Trinajstić information content (AvgIpc) is 3.01. The molecule has 0 unspecified atom stereocenters. The Morgan fingerprint density at radius 1 is 1.20 bits per heavy atom. The molecule has 0 saturated carbocycles. The summed E-state index contributed by atoms with van der Waals surface area (Å²) in [6, 6.07) is 10.3. The predicted octanol–water partition coefficient (Wildman–Crippen LogP) is 2.38. The minimum absolute atomic E-state index is 0. The fourth-order valence-corrected chi connectivity index (χ4v) is 3.65. The van der Waals surface area contributed by atoms with Crippen molar-refractivity contribution < 1.29 is 12.8 Å². The third-order valence-corrected chi connectivity index (χ3v) is 5.09. The van der Waals surface area contributed by atoms with Crippen LogP contribution >= 0.6 is 12.4 Å². The van der Waals surface area contributed by atoms with Crippen LogP contribution < -0.4 is 5.32 Å². The third kappa shape index (κ3) is 3.71. The normalized spacial score (nSPS) is 11.1. The molecule has 3 aromatic rings. The highest BCUT2D eigenvalue weighted by Crippen LogP contribution is 2.25. The first kappa shape index (κ1) is 19.0. The Morgan fingerprint density at radius 3 is 2.60 bits per heavy atom. The number of hydrogen-bond acceptors (Lipinski definition) is 5. The lowest BCUT2D eigenvalue weighted by atomic mass is 10.3. The molecule has 0 fully saturated rings. The van der Waals surface area contributed by atoms with Crippen LogP contribution in [0.15, 0.2) is 64.8 Å². The number of benzene rings is 1. The van der Waals surface area contributed by atoms with Gasteiger partial charge >= 0.3 is 0 Å². The molecular weight excluding hydrogens is 367 g/mol. The van der Waals surface area contributed by atoms with Gasteiger partial charge in [0.05, 0.1) is 10.6 Å². The zero-order valence-corrected chi connectivity index (χ0v) is 14.9. The molecule has 1 N–H and O–H groups in total. The fraction of sp³-hybridized carbons (Fsp3) is 0.125. The highest BCUT2D eigenvalue weighted by Gasteiger charge is 2.26. The molecule has 3 rings (SSSR count). The summed E-state index contributed by atoms with van der Waals surface area (Å²) in [6.07, 6.45) is 2.74. The number of halogens is 2. The van der Waals surface area contributed by atoms with Crippen molar-refractivity contribution in [2.45, 2.75) is 16.5 Å². The highest BCUT2D eigenvalue weighted by molar-refractivity contribution is 7.91. The van der Waals surface area contributed by atoms with E-state index in [-0.39, 0.29) is 28.0 Å². The second-order valence-corrected chi connectivity index (χ2v) is 6.96. The Morgan fingerprint density at radius 2 is 1.96 bits per heavy atom. The van der Waals surface area contributed by atoms with Gasteiger partial charge in [-0.05, 0) is 31.3 Å². The van der Waals surface area contributed by atoms with Gasteiger partial charge in [-0.3, -0.25) is 4.98 Å². The van der Waals surface area contributed by atoms with Crippen molar-refractivity contribution in [2.75, 3.05) is 7.05 Å². The molecule has 0 saturated heterocycles. The molecule has 0 atom stereocenters. The van der Waals surface area contributed by atoms with Crippen LogP contribution in [0.1, 0.15) is 5.69 Å². The fourth-order valence-electron chi connectivity index (χ4n) is 2.29. The summed E-state index contributed by atoms with van der Waals surface area (Å²) < 4.78 is 41.1. The van der Waals surface area contributed by atoms with E-state index in [0.717, 1.165) is 4.68 Å². The largest absolute Gasteiger partial charge is 0.314 e. The molecule has 0 spiro atoms. The van der Waals surface area contributed by atoms with E-state index >= 15 is 0 Å². The van der Waals surface area contributed by atoms with Crippen LogP contribution in [0.3, 0.4) is 0 Å². The van der Waals surface area contributed by atoms with E-state index in [4.69, 9.17) is 0 Å². The van der Waals surface area contributed by atoms with Gasteiger partial charge in [-0.1, -0.05) is 12.1 Å². The first-order valence-electron chi connectivity index (χ1n) is 7.17. The Hall–Kier alpha value is -2.29. The summed E-state index contributed by atoms with van der Waals surface area (Å²) in [6.45, 7) is 0.358. The molecule has 0 aliphatic rings. The zero-order chi connectivity index (χ0) is 17.2. The minimum atomic E-state index is -3.89. The number of aromatic nitrogens is 3. The molecule has 1 aromatic carbocycles. The minimum Gasteiger partial charge on any atom is -0.314 e. The Kier molecular flexibility index (Phi) is 5.89. The quantitative estimate of drug-likeness (QED) is 0.733. The lowest BCUT2D eigenvalue weighted by Gasteiger charge is -2.09. The SMILES string of the molecule is CNCc1cc(S(=O)(=O)c2cccnc2)n(-c2ccccc2F)n1.Cl. The van der Waals surface area contributed by atoms with E-state index < -0.39 is 15.7 Å². The van der Waals surface area contributed by atoms with Gasteiger partial charge in [0, 0.05) is 25.0 Å². The maximum absolute atomic E-state index is 14.2. The third-order valence-electron chi connectivity index (χ3n) is 3.39. The van der Waals surface area contributed by atoms with E-state index in [9.17, 15) is 12.8 Å². The number of para-hydroxylation sites is 1. The van der Waals surface area contributed by atoms with Gasteiger partial charge in [-0.25, -0.2) is 17.5 Å². The molecule has 6 nitrogen and oxygen atoms in total. The molecule has 0 aliphatic heterocycles. The van der Waals surface area contributed by atoms with Crippen LogP contribution in [0, 0.1) is 5.82 Å². The second-order valence-electron chi connectivity index (χ2n) is 5.06. The highest BCUT2D eigenvalue weighted by atomic mass is 35.5. The molecule has 25 heavy (non-hydrogen) atoms. The predicted molar refractivity (Wildman–Crippen MR) is 93.2 cm³/mol. The number of pyridine rings is 1. The standard InChI is InChI=1S/C16H15FN4O2S.ClH/c1-18-10-12-9-16(24(22,23)13-5-4-8-19-11-13)21(20-12)15-7-3-2-6-14(15)17;/h2-9,11,18H,10H2,1H3;1H. The van der Waals surface area contributed by atoms with E-state index in [2.05, 4.69) is 15.4 Å². The van der Waals surface area contributed by atoms with Crippen molar-refractivity contribution in [1.82, 2.24) is 20.1 Å². The van der Waals surface area contributed by atoms with Crippen LogP contribution in [0.25, 0.3) is 5.69 Å². The molecule has 2 aromatic heterocycles. The van der Waals surface area contributed by atoms with E-state index in [0.29, 0.717) is 12.2 Å². The van der Waals surface area contributed by atoms with Gasteiger partial charge in [0.1, 0.15) is 11.5 Å². The lowest BCUT2D eigenvalue weighted by Crippen LogP contribution is -2.11. The molecule has 0 aliphatic carbocycles. The van der Waals surface area contributed by atoms with E-state index in [1.54, 1.807) is 13.1 Å². The first-order chi connectivity index (χ1) is 11.5. The van der Waals surface area contributed by atoms with Crippen LogP contribution in [0.2, 0.25) is 0 Å². The summed E-state index contributed by atoms with van der Waals surface area (Å²) in [5.41, 5.74) is 0.561. The maximum Gasteiger partial charge on any atom is 0.225 e. The summed E-state index contributed by atoms with van der Waals surface area (Å²) in [5.74, 6) is -0.556. The van der Waals surface area contributed by atoms with Gasteiger partial charge in [-0.15, -0.1) is 12.4 Å². The maximum atomic E-state index is 14.2. The second kappa shape index (κ2) is 7.73. The number of sulfone groups is 1. The van der Waals surface area contributed by atoms with Crippen LogP contribution in [0.5, 0.6) is 0 Å². The van der Waals surface area contributed by atoms with E-state index in [1.807, 2.05) is 0 Å². The van der Waals surface area contributed by atoms with Gasteiger partial charge < -0.3 is 5.32 Å². The van der Waals surface area contributed by atoms with Crippen LogP contribution in [-0.4, -0.2) is 30.2 Å². The average molecular weight is 383 g/mol. The van der Waals surface area contributed by atoms with Gasteiger partial charge in [-0.2, -0.15) is 5.10 Å². The zero-order valence-electron chi connectivity index (χ0n) is 13.3. The lowest BCUT2D eigenvalue weighted by molar-refractivity contribution is 0.575. The van der Waals surface area contributed by atoms with Crippen molar-refractivity contribution in [2.24, 2.45) is 0 Å². The van der Waals surface area contributed by atoms with Crippen molar-refractivity contribution in [3.8, 4) is 5.69 Å². The van der Waals surface area contributed by atoms with Gasteiger partial charge in [0.25, 0.3) is 0 Å². The molecule has 132 valence electrons. The molecule has 9 heteroatoms. The summed E-state index contributed by atoms with van der Waals surface area (Å²) in [7, 11) is -2.17. The molecular formula is C16H16ClFN4O2S. The van der Waals surface area contributed by atoms with Crippen LogP contribution in [0.4, 0.5) is 4.39 Å². The van der Waals surface area contributed by atoms with Crippen molar-refractivity contribution >= 4 is 22.2 Å². The van der Waals surface area contributed by atoms with E-state index in [1.165, 1.54) is 48.8 Å². The van der Waals surface area contributed by atoms with Crippen molar-refractivity contribution in [3.05, 3.63) is 66.4 Å². The Bertz CT molecular complexity index is 961.